The molecule has 0 aromatic heterocycles. The highest BCUT2D eigenvalue weighted by Crippen LogP contribution is 2.25. The Balaban J connectivity index is 2.22. The maximum Gasteiger partial charge on any atom is 0.247 e. The third-order valence-electron chi connectivity index (χ3n) is 3.67. The molecule has 0 aliphatic rings. The lowest BCUT2D eigenvalue weighted by Crippen LogP contribution is -2.45. The Hall–Kier alpha value is -2.61. The highest BCUT2D eigenvalue weighted by Gasteiger charge is 2.30. The number of anilines is 2. The second-order valence-corrected chi connectivity index (χ2v) is 8.23. The van der Waals surface area contributed by atoms with Crippen LogP contribution in [0.25, 0.3) is 0 Å². The summed E-state index contributed by atoms with van der Waals surface area (Å²) in [5, 5.41) is 2.64. The van der Waals surface area contributed by atoms with Crippen molar-refractivity contribution in [3.8, 4) is 5.75 Å². The summed E-state index contributed by atoms with van der Waals surface area (Å²) < 4.78 is 44.8. The molecule has 1 N–H and O–H groups in total. The van der Waals surface area contributed by atoms with Crippen LogP contribution in [0.5, 0.6) is 5.75 Å². The van der Waals surface area contributed by atoms with E-state index in [4.69, 9.17) is 4.74 Å². The molecule has 0 heterocycles. The number of ether oxygens (including phenoxy) is 1. The third-order valence-corrected chi connectivity index (χ3v) is 4.90. The molecule has 1 atom stereocenters. The lowest BCUT2D eigenvalue weighted by Gasteiger charge is -2.28. The van der Waals surface area contributed by atoms with Crippen LogP contribution < -0.4 is 14.4 Å². The molecule has 8 heteroatoms. The molecule has 2 aromatic rings. The topological polar surface area (TPSA) is 75.7 Å². The van der Waals surface area contributed by atoms with Crippen LogP contribution in [0.2, 0.25) is 0 Å². The van der Waals surface area contributed by atoms with Crippen molar-refractivity contribution in [3.05, 3.63) is 54.3 Å². The quantitative estimate of drug-likeness (QED) is 0.781. The highest BCUT2D eigenvalue weighted by atomic mass is 32.2. The zero-order valence-electron chi connectivity index (χ0n) is 15.6. The monoisotopic (exact) mass is 394 g/mol. The van der Waals surface area contributed by atoms with Gasteiger partial charge < -0.3 is 10.1 Å². The molecule has 146 valence electrons. The van der Waals surface area contributed by atoms with Gasteiger partial charge in [0, 0.05) is 5.69 Å². The van der Waals surface area contributed by atoms with E-state index in [2.05, 4.69) is 5.32 Å². The number of amides is 1. The molecule has 2 rings (SSSR count). The van der Waals surface area contributed by atoms with Crippen LogP contribution in [0.4, 0.5) is 15.8 Å². The standard InChI is InChI=1S/C19H23FN2O4S/c1-13(2)26-16-11-9-15(10-12-16)21-19(23)14(3)22(27(4,24)25)18-8-6-5-7-17(18)20/h5-14H,1-4H3,(H,21,23)/t14-/m0/s1. The Labute approximate surface area is 159 Å². The van der Waals surface area contributed by atoms with Gasteiger partial charge in [-0.15, -0.1) is 0 Å². The number of halogens is 1. The van der Waals surface area contributed by atoms with Crippen LogP contribution >= 0.6 is 0 Å². The molecule has 2 aromatic carbocycles. The van der Waals surface area contributed by atoms with Gasteiger partial charge in [0.25, 0.3) is 0 Å². The van der Waals surface area contributed by atoms with Gasteiger partial charge in [-0.25, -0.2) is 12.8 Å². The number of nitrogens with one attached hydrogen (secondary N) is 1. The molecule has 0 bridgehead atoms. The van der Waals surface area contributed by atoms with E-state index in [1.807, 2.05) is 13.8 Å². The Kier molecular flexibility index (Phi) is 6.43. The normalized spacial score (nSPS) is 12.5. The third kappa shape index (κ3) is 5.43. The minimum atomic E-state index is -3.88. The number of carbonyl (C=O) groups excluding carboxylic acids is 1. The molecule has 0 radical (unpaired) electrons. The largest absolute Gasteiger partial charge is 0.491 e. The molecule has 27 heavy (non-hydrogen) atoms. The Bertz CT molecular complexity index is 898. The minimum absolute atomic E-state index is 0.0227. The van der Waals surface area contributed by atoms with Crippen molar-refractivity contribution in [2.24, 2.45) is 0 Å². The summed E-state index contributed by atoms with van der Waals surface area (Å²) in [6.45, 7) is 5.21. The summed E-state index contributed by atoms with van der Waals surface area (Å²) in [7, 11) is -3.88. The molecule has 0 fully saturated rings. The minimum Gasteiger partial charge on any atom is -0.491 e. The number of benzene rings is 2. The van der Waals surface area contributed by atoms with Crippen molar-refractivity contribution >= 4 is 27.3 Å². The van der Waals surface area contributed by atoms with Crippen molar-refractivity contribution < 1.29 is 22.3 Å². The molecule has 0 saturated heterocycles. The fourth-order valence-electron chi connectivity index (χ4n) is 2.55. The van der Waals surface area contributed by atoms with Gasteiger partial charge in [-0.05, 0) is 57.2 Å². The Morgan fingerprint density at radius 2 is 1.67 bits per heavy atom. The number of carbonyl (C=O) groups is 1. The number of hydrogen-bond donors (Lipinski definition) is 1. The summed E-state index contributed by atoms with van der Waals surface area (Å²) in [5.41, 5.74) is 0.299. The van der Waals surface area contributed by atoms with Gasteiger partial charge in [0.1, 0.15) is 17.6 Å². The van der Waals surface area contributed by atoms with Crippen LogP contribution in [0, 0.1) is 5.82 Å². The maximum atomic E-state index is 14.1. The Morgan fingerprint density at radius 3 is 2.19 bits per heavy atom. The van der Waals surface area contributed by atoms with Gasteiger partial charge >= 0.3 is 0 Å². The van der Waals surface area contributed by atoms with E-state index < -0.39 is 27.8 Å². The van der Waals surface area contributed by atoms with Gasteiger partial charge in [0.15, 0.2) is 0 Å². The van der Waals surface area contributed by atoms with Crippen LogP contribution in [-0.4, -0.2) is 32.7 Å². The van der Waals surface area contributed by atoms with Crippen molar-refractivity contribution in [2.75, 3.05) is 15.9 Å². The van der Waals surface area contributed by atoms with Gasteiger partial charge in [0.2, 0.25) is 15.9 Å². The van der Waals surface area contributed by atoms with E-state index in [9.17, 15) is 17.6 Å². The smallest absolute Gasteiger partial charge is 0.247 e. The summed E-state index contributed by atoms with van der Waals surface area (Å²) in [6.07, 6.45) is 0.955. The maximum absolute atomic E-state index is 14.1. The first-order chi connectivity index (χ1) is 12.6. The second-order valence-electron chi connectivity index (χ2n) is 6.37. The average Bonchev–Trinajstić information content (AvgIpc) is 2.57. The molecular formula is C19H23FN2O4S. The first-order valence-electron chi connectivity index (χ1n) is 8.41. The van der Waals surface area contributed by atoms with Gasteiger partial charge in [-0.2, -0.15) is 0 Å². The fraction of sp³-hybridized carbons (Fsp3) is 0.316. The van der Waals surface area contributed by atoms with Crippen molar-refractivity contribution in [1.82, 2.24) is 0 Å². The molecule has 0 aliphatic heterocycles. The number of nitrogens with zero attached hydrogens (tertiary/aromatic N) is 1. The van der Waals surface area contributed by atoms with Gasteiger partial charge in [0.05, 0.1) is 18.0 Å². The van der Waals surface area contributed by atoms with E-state index in [0.29, 0.717) is 11.4 Å². The number of sulfonamides is 1. The predicted molar refractivity (Wildman–Crippen MR) is 104 cm³/mol. The summed E-state index contributed by atoms with van der Waals surface area (Å²) >= 11 is 0. The first kappa shape index (κ1) is 20.7. The summed E-state index contributed by atoms with van der Waals surface area (Å²) in [5.74, 6) is -0.654. The van der Waals surface area contributed by atoms with E-state index in [0.717, 1.165) is 16.6 Å². The zero-order valence-corrected chi connectivity index (χ0v) is 16.5. The molecule has 0 spiro atoms. The lowest BCUT2D eigenvalue weighted by molar-refractivity contribution is -0.116. The number of rotatable bonds is 7. The molecule has 0 saturated carbocycles. The predicted octanol–water partition coefficient (Wildman–Crippen LogP) is 3.41. The van der Waals surface area contributed by atoms with E-state index in [1.54, 1.807) is 24.3 Å². The van der Waals surface area contributed by atoms with Crippen molar-refractivity contribution in [1.29, 1.82) is 0 Å². The van der Waals surface area contributed by atoms with Gasteiger partial charge in [-0.1, -0.05) is 12.1 Å². The van der Waals surface area contributed by atoms with Crippen LogP contribution in [0.15, 0.2) is 48.5 Å². The fourth-order valence-corrected chi connectivity index (χ4v) is 3.72. The van der Waals surface area contributed by atoms with Crippen LogP contribution in [0.1, 0.15) is 20.8 Å². The summed E-state index contributed by atoms with van der Waals surface area (Å²) in [4.78, 5) is 12.6. The van der Waals surface area contributed by atoms with Gasteiger partial charge in [-0.3, -0.25) is 9.10 Å². The molecule has 1 amide bonds. The van der Waals surface area contributed by atoms with Crippen molar-refractivity contribution in [3.63, 3.8) is 0 Å². The van der Waals surface area contributed by atoms with Crippen molar-refractivity contribution in [2.45, 2.75) is 32.9 Å². The highest BCUT2D eigenvalue weighted by molar-refractivity contribution is 7.92. The van der Waals surface area contributed by atoms with E-state index >= 15 is 0 Å². The zero-order chi connectivity index (χ0) is 20.2. The molecule has 0 unspecified atom stereocenters. The average molecular weight is 394 g/mol. The van der Waals surface area contributed by atoms with E-state index in [-0.39, 0.29) is 11.8 Å². The SMILES string of the molecule is CC(C)Oc1ccc(NC(=O)[C@H](C)N(c2ccccc2F)S(C)(=O)=O)cc1. The first-order valence-corrected chi connectivity index (χ1v) is 10.3. The number of para-hydroxylation sites is 1. The molecular weight excluding hydrogens is 371 g/mol. The number of hydrogen-bond acceptors (Lipinski definition) is 4. The molecule has 6 nitrogen and oxygen atoms in total. The second kappa shape index (κ2) is 8.39. The van der Waals surface area contributed by atoms with Crippen LogP contribution in [-0.2, 0) is 14.8 Å². The Morgan fingerprint density at radius 1 is 1.07 bits per heavy atom. The van der Waals surface area contributed by atoms with Crippen LogP contribution in [0.3, 0.4) is 0 Å². The molecule has 0 aliphatic carbocycles. The van der Waals surface area contributed by atoms with E-state index in [1.165, 1.54) is 25.1 Å². The lowest BCUT2D eigenvalue weighted by atomic mass is 10.2. The summed E-state index contributed by atoms with van der Waals surface area (Å²) in [6, 6.07) is 11.0.